The maximum atomic E-state index is 13.5. The van der Waals surface area contributed by atoms with Crippen molar-refractivity contribution in [1.82, 2.24) is 0 Å². The van der Waals surface area contributed by atoms with Gasteiger partial charge < -0.3 is 10.1 Å². The van der Waals surface area contributed by atoms with Crippen LogP contribution in [0.4, 0.5) is 14.5 Å². The number of nitrogens with one attached hydrogen (secondary N) is 1. The smallest absolute Gasteiger partial charge is 0.338 e. The normalized spacial score (nSPS) is 14.6. The van der Waals surface area contributed by atoms with Crippen LogP contribution in [0.25, 0.3) is 0 Å². The van der Waals surface area contributed by atoms with Gasteiger partial charge in [-0.15, -0.1) is 23.5 Å². The van der Waals surface area contributed by atoms with E-state index in [9.17, 15) is 18.4 Å². The number of amides is 1. The molecular weight excluding hydrogens is 392 g/mol. The SMILES string of the molecule is O=C(COC(=O)c1ccc(C2SCCCS2)cc1)Nc1cc(F)ccc1F. The number of anilines is 1. The predicted octanol–water partition coefficient (Wildman–Crippen LogP) is 4.63. The Morgan fingerprint density at radius 3 is 2.48 bits per heavy atom. The van der Waals surface area contributed by atoms with Gasteiger partial charge in [0.15, 0.2) is 6.61 Å². The van der Waals surface area contributed by atoms with E-state index < -0.39 is 30.1 Å². The Hall–Kier alpha value is -2.06. The van der Waals surface area contributed by atoms with Crippen molar-refractivity contribution in [1.29, 1.82) is 0 Å². The van der Waals surface area contributed by atoms with Gasteiger partial charge in [-0.25, -0.2) is 13.6 Å². The zero-order valence-electron chi connectivity index (χ0n) is 14.2. The maximum Gasteiger partial charge on any atom is 0.338 e. The third-order valence-electron chi connectivity index (χ3n) is 3.78. The molecule has 3 rings (SSSR count). The van der Waals surface area contributed by atoms with Gasteiger partial charge in [0.05, 0.1) is 15.8 Å². The summed E-state index contributed by atoms with van der Waals surface area (Å²) in [5.41, 5.74) is 1.16. The van der Waals surface area contributed by atoms with Crippen LogP contribution in [0.1, 0.15) is 26.9 Å². The first kappa shape index (κ1) is 19.7. The van der Waals surface area contributed by atoms with Gasteiger partial charge in [0.2, 0.25) is 0 Å². The van der Waals surface area contributed by atoms with E-state index in [1.807, 2.05) is 35.7 Å². The summed E-state index contributed by atoms with van der Waals surface area (Å²) in [6, 6.07) is 9.80. The van der Waals surface area contributed by atoms with E-state index in [1.165, 1.54) is 6.42 Å². The predicted molar refractivity (Wildman–Crippen MR) is 104 cm³/mol. The zero-order valence-corrected chi connectivity index (χ0v) is 15.9. The second-order valence-electron chi connectivity index (χ2n) is 5.80. The standard InChI is InChI=1S/C19H17F2NO3S2/c20-14-6-7-15(21)16(10-14)22-17(23)11-25-18(24)12-2-4-13(5-3-12)19-26-8-1-9-27-19/h2-7,10,19H,1,8-9,11H2,(H,22,23). The highest BCUT2D eigenvalue weighted by atomic mass is 32.2. The minimum atomic E-state index is -0.773. The van der Waals surface area contributed by atoms with E-state index in [0.717, 1.165) is 35.3 Å². The second kappa shape index (κ2) is 9.23. The highest BCUT2D eigenvalue weighted by molar-refractivity contribution is 8.16. The van der Waals surface area contributed by atoms with Gasteiger partial charge in [0.1, 0.15) is 11.6 Å². The first-order chi connectivity index (χ1) is 13.0. The van der Waals surface area contributed by atoms with Crippen LogP contribution in [0.3, 0.4) is 0 Å². The number of carbonyl (C=O) groups excluding carboxylic acids is 2. The minimum Gasteiger partial charge on any atom is -0.452 e. The van der Waals surface area contributed by atoms with Crippen molar-refractivity contribution < 1.29 is 23.1 Å². The number of hydrogen-bond acceptors (Lipinski definition) is 5. The molecule has 0 spiro atoms. The second-order valence-corrected chi connectivity index (χ2v) is 8.52. The molecule has 1 aliphatic heterocycles. The highest BCUT2D eigenvalue weighted by Gasteiger charge is 2.18. The molecule has 27 heavy (non-hydrogen) atoms. The molecule has 0 radical (unpaired) electrons. The molecule has 0 atom stereocenters. The number of halogens is 2. The Labute approximate surface area is 164 Å². The monoisotopic (exact) mass is 409 g/mol. The summed E-state index contributed by atoms with van der Waals surface area (Å²) in [7, 11) is 0. The summed E-state index contributed by atoms with van der Waals surface area (Å²) >= 11 is 3.77. The average molecular weight is 409 g/mol. The summed E-state index contributed by atoms with van der Waals surface area (Å²) in [6.07, 6.45) is 1.21. The van der Waals surface area contributed by atoms with Crippen molar-refractivity contribution in [2.24, 2.45) is 0 Å². The third-order valence-corrected chi connectivity index (χ3v) is 6.80. The van der Waals surface area contributed by atoms with E-state index in [4.69, 9.17) is 4.74 Å². The van der Waals surface area contributed by atoms with Crippen LogP contribution in [-0.2, 0) is 9.53 Å². The number of rotatable bonds is 5. The number of benzene rings is 2. The van der Waals surface area contributed by atoms with E-state index in [1.54, 1.807) is 12.1 Å². The molecule has 1 amide bonds. The minimum absolute atomic E-state index is 0.303. The lowest BCUT2D eigenvalue weighted by Crippen LogP contribution is -2.21. The molecule has 2 aromatic carbocycles. The Morgan fingerprint density at radius 1 is 1.07 bits per heavy atom. The lowest BCUT2D eigenvalue weighted by molar-refractivity contribution is -0.119. The number of carbonyl (C=O) groups is 2. The van der Waals surface area contributed by atoms with Crippen LogP contribution >= 0.6 is 23.5 Å². The van der Waals surface area contributed by atoms with E-state index in [2.05, 4.69) is 5.32 Å². The molecule has 0 unspecified atom stereocenters. The largest absolute Gasteiger partial charge is 0.452 e. The molecule has 1 N–H and O–H groups in total. The topological polar surface area (TPSA) is 55.4 Å². The van der Waals surface area contributed by atoms with Crippen LogP contribution in [0.15, 0.2) is 42.5 Å². The molecule has 2 aromatic rings. The number of hydrogen-bond donors (Lipinski definition) is 1. The van der Waals surface area contributed by atoms with Crippen LogP contribution in [0.5, 0.6) is 0 Å². The van der Waals surface area contributed by atoms with E-state index >= 15 is 0 Å². The Balaban J connectivity index is 1.52. The van der Waals surface area contributed by atoms with Crippen LogP contribution in [-0.4, -0.2) is 30.0 Å². The fraction of sp³-hybridized carbons (Fsp3) is 0.263. The van der Waals surface area contributed by atoms with Crippen LogP contribution < -0.4 is 5.32 Å². The average Bonchev–Trinajstić information content (AvgIpc) is 2.70. The van der Waals surface area contributed by atoms with Crippen molar-refractivity contribution >= 4 is 41.1 Å². The van der Waals surface area contributed by atoms with Crippen LogP contribution in [0, 0.1) is 11.6 Å². The fourth-order valence-electron chi connectivity index (χ4n) is 2.45. The van der Waals surface area contributed by atoms with Gasteiger partial charge in [-0.05, 0) is 47.8 Å². The Bertz CT molecular complexity index is 824. The molecule has 1 heterocycles. The van der Waals surface area contributed by atoms with Gasteiger partial charge in [0.25, 0.3) is 5.91 Å². The highest BCUT2D eigenvalue weighted by Crippen LogP contribution is 2.43. The first-order valence-corrected chi connectivity index (χ1v) is 10.4. The zero-order chi connectivity index (χ0) is 19.2. The quantitative estimate of drug-likeness (QED) is 0.730. The molecule has 1 fully saturated rings. The molecule has 0 aliphatic carbocycles. The number of thioether (sulfide) groups is 2. The Morgan fingerprint density at radius 2 is 1.78 bits per heavy atom. The van der Waals surface area contributed by atoms with Crippen molar-refractivity contribution in [3.63, 3.8) is 0 Å². The molecule has 0 bridgehead atoms. The van der Waals surface area contributed by atoms with Gasteiger partial charge in [-0.1, -0.05) is 12.1 Å². The molecule has 1 aliphatic rings. The number of ether oxygens (including phenoxy) is 1. The van der Waals surface area contributed by atoms with Crippen LogP contribution in [0.2, 0.25) is 0 Å². The van der Waals surface area contributed by atoms with Crippen molar-refractivity contribution in [2.75, 3.05) is 23.4 Å². The first-order valence-electron chi connectivity index (χ1n) is 8.28. The van der Waals surface area contributed by atoms with Gasteiger partial charge in [0, 0.05) is 6.07 Å². The molecule has 1 saturated heterocycles. The third kappa shape index (κ3) is 5.46. The molecule has 0 saturated carbocycles. The summed E-state index contributed by atoms with van der Waals surface area (Å²) in [4.78, 5) is 23.9. The number of esters is 1. The lowest BCUT2D eigenvalue weighted by atomic mass is 10.1. The maximum absolute atomic E-state index is 13.5. The van der Waals surface area contributed by atoms with Gasteiger partial charge in [-0.3, -0.25) is 4.79 Å². The van der Waals surface area contributed by atoms with Crippen molar-refractivity contribution in [2.45, 2.75) is 11.0 Å². The van der Waals surface area contributed by atoms with Gasteiger partial charge >= 0.3 is 5.97 Å². The van der Waals surface area contributed by atoms with Gasteiger partial charge in [-0.2, -0.15) is 0 Å². The molecule has 0 aromatic heterocycles. The van der Waals surface area contributed by atoms with E-state index in [-0.39, 0.29) is 5.69 Å². The molecular formula is C19H17F2NO3S2. The summed E-state index contributed by atoms with van der Waals surface area (Å²) < 4.78 is 31.9. The summed E-state index contributed by atoms with van der Waals surface area (Å²) in [6.45, 7) is -0.592. The van der Waals surface area contributed by atoms with E-state index in [0.29, 0.717) is 10.1 Å². The molecule has 8 heteroatoms. The van der Waals surface area contributed by atoms with Crippen molar-refractivity contribution in [3.8, 4) is 0 Å². The molecule has 142 valence electrons. The summed E-state index contributed by atoms with van der Waals surface area (Å²) in [5, 5.41) is 2.17. The lowest BCUT2D eigenvalue weighted by Gasteiger charge is -2.21. The Kier molecular flexibility index (Phi) is 6.73. The molecule has 4 nitrogen and oxygen atoms in total. The van der Waals surface area contributed by atoms with Crippen molar-refractivity contribution in [3.05, 3.63) is 65.2 Å². The fourth-order valence-corrected chi connectivity index (χ4v) is 5.34. The summed E-state index contributed by atoms with van der Waals surface area (Å²) in [5.74, 6) is -0.603.